The molecule has 4 rings (SSSR count). The van der Waals surface area contributed by atoms with Gasteiger partial charge < -0.3 is 10.1 Å². The number of hydrogen-bond donors (Lipinski definition) is 1. The number of hydrogen-bond acceptors (Lipinski definition) is 4. The van der Waals surface area contributed by atoms with Gasteiger partial charge in [-0.05, 0) is 50.1 Å². The van der Waals surface area contributed by atoms with Gasteiger partial charge in [-0.2, -0.15) is 0 Å². The molecule has 0 radical (unpaired) electrons. The first-order valence-corrected chi connectivity index (χ1v) is 9.91. The fourth-order valence-corrected chi connectivity index (χ4v) is 3.79. The van der Waals surface area contributed by atoms with Crippen LogP contribution < -0.4 is 10.1 Å². The quantitative estimate of drug-likeness (QED) is 0.642. The van der Waals surface area contributed by atoms with Crippen molar-refractivity contribution in [2.45, 2.75) is 25.7 Å². The summed E-state index contributed by atoms with van der Waals surface area (Å²) in [6.45, 7) is 4.14. The number of amides is 1. The van der Waals surface area contributed by atoms with E-state index in [4.69, 9.17) is 16.3 Å². The van der Waals surface area contributed by atoms with Crippen LogP contribution in [0.1, 0.15) is 23.5 Å². The van der Waals surface area contributed by atoms with E-state index >= 15 is 0 Å². The molecule has 0 saturated heterocycles. The van der Waals surface area contributed by atoms with E-state index in [2.05, 4.69) is 27.4 Å². The lowest BCUT2D eigenvalue weighted by Crippen LogP contribution is -2.26. The highest BCUT2D eigenvalue weighted by atomic mass is 35.5. The molecule has 0 bridgehead atoms. The van der Waals surface area contributed by atoms with Crippen molar-refractivity contribution in [2.75, 3.05) is 11.9 Å². The maximum Gasteiger partial charge on any atom is 0.228 e. The van der Waals surface area contributed by atoms with Gasteiger partial charge in [-0.15, -0.1) is 0 Å². The van der Waals surface area contributed by atoms with Gasteiger partial charge in [0.05, 0.1) is 24.4 Å². The van der Waals surface area contributed by atoms with Crippen LogP contribution in [0, 0.1) is 19.8 Å². The van der Waals surface area contributed by atoms with E-state index in [-0.39, 0.29) is 17.2 Å². The Morgan fingerprint density at radius 1 is 1.17 bits per heavy atom. The van der Waals surface area contributed by atoms with Crippen molar-refractivity contribution in [2.24, 2.45) is 5.92 Å². The summed E-state index contributed by atoms with van der Waals surface area (Å²) in [5.74, 6) is 1.16. The smallest absolute Gasteiger partial charge is 0.228 e. The number of carbonyl (C=O) groups is 1. The summed E-state index contributed by atoms with van der Waals surface area (Å²) in [5, 5.41) is 3.63. The third-order valence-corrected chi connectivity index (χ3v) is 5.64. The number of nitrogens with zero attached hydrogens (tertiary/aromatic N) is 2. The number of carbonyl (C=O) groups excluding carboxylic acids is 1. The monoisotopic (exact) mass is 407 g/mol. The molecular weight excluding hydrogens is 386 g/mol. The van der Waals surface area contributed by atoms with Crippen molar-refractivity contribution in [3.05, 3.63) is 82.9 Å². The largest absolute Gasteiger partial charge is 0.489 e. The van der Waals surface area contributed by atoms with Crippen LogP contribution in [0.3, 0.4) is 0 Å². The van der Waals surface area contributed by atoms with Crippen molar-refractivity contribution in [3.63, 3.8) is 0 Å². The molecule has 1 aromatic heterocycles. The molecule has 6 heteroatoms. The first kappa shape index (κ1) is 19.4. The Balaban J connectivity index is 1.53. The molecule has 148 valence electrons. The van der Waals surface area contributed by atoms with E-state index in [0.717, 1.165) is 23.4 Å². The lowest BCUT2D eigenvalue weighted by molar-refractivity contribution is -0.117. The maximum atomic E-state index is 12.9. The summed E-state index contributed by atoms with van der Waals surface area (Å²) in [7, 11) is 0. The van der Waals surface area contributed by atoms with Crippen molar-refractivity contribution in [3.8, 4) is 5.75 Å². The molecule has 1 heterocycles. The molecule has 3 aromatic rings. The Labute approximate surface area is 175 Å². The number of aromatic nitrogens is 2. The molecule has 1 saturated carbocycles. The normalized spacial score (nSPS) is 20.2. The number of ether oxygens (including phenoxy) is 1. The first-order chi connectivity index (χ1) is 14.0. The van der Waals surface area contributed by atoms with E-state index in [1.807, 2.05) is 32.0 Å². The molecule has 0 spiro atoms. The lowest BCUT2D eigenvalue weighted by Gasteiger charge is -2.19. The van der Waals surface area contributed by atoms with E-state index in [0.29, 0.717) is 23.2 Å². The molecule has 1 N–H and O–H groups in total. The fourth-order valence-electron chi connectivity index (χ4n) is 3.66. The van der Waals surface area contributed by atoms with Gasteiger partial charge in [-0.25, -0.2) is 9.97 Å². The highest BCUT2D eigenvalue weighted by Crippen LogP contribution is 2.55. The topological polar surface area (TPSA) is 64.1 Å². The van der Waals surface area contributed by atoms with Crippen molar-refractivity contribution in [1.29, 1.82) is 0 Å². The fraction of sp³-hybridized carbons (Fsp3) is 0.261. The summed E-state index contributed by atoms with van der Waals surface area (Å²) >= 11 is 5.93. The van der Waals surface area contributed by atoms with Gasteiger partial charge in [0.15, 0.2) is 5.75 Å². The minimum atomic E-state index is -0.366. The zero-order valence-corrected chi connectivity index (χ0v) is 17.1. The second kappa shape index (κ2) is 7.84. The maximum absolute atomic E-state index is 12.9. The van der Waals surface area contributed by atoms with Crippen molar-refractivity contribution >= 4 is 23.2 Å². The summed E-state index contributed by atoms with van der Waals surface area (Å²) in [5.41, 5.74) is 2.26. The van der Waals surface area contributed by atoms with Crippen LogP contribution in [0.25, 0.3) is 0 Å². The second-order valence-electron chi connectivity index (χ2n) is 7.43. The Bertz CT molecular complexity index is 1020. The first-order valence-electron chi connectivity index (χ1n) is 9.53. The molecular formula is C23H22ClN3O2. The van der Waals surface area contributed by atoms with Gasteiger partial charge in [0.25, 0.3) is 0 Å². The van der Waals surface area contributed by atoms with Gasteiger partial charge in [-0.3, -0.25) is 4.79 Å². The lowest BCUT2D eigenvalue weighted by atomic mass is 9.93. The van der Waals surface area contributed by atoms with E-state index in [1.165, 1.54) is 0 Å². The summed E-state index contributed by atoms with van der Waals surface area (Å²) in [6.07, 6.45) is 2.42. The Hall–Kier alpha value is -2.92. The van der Waals surface area contributed by atoms with Crippen LogP contribution in [0.4, 0.5) is 5.69 Å². The zero-order chi connectivity index (χ0) is 20.4. The highest BCUT2D eigenvalue weighted by molar-refractivity contribution is 6.30. The molecule has 1 aliphatic rings. The molecule has 1 fully saturated rings. The van der Waals surface area contributed by atoms with Crippen LogP contribution in [-0.4, -0.2) is 22.5 Å². The molecule has 5 nitrogen and oxygen atoms in total. The molecule has 0 unspecified atom stereocenters. The SMILES string of the molecule is Cc1ncc(OC[C@@]2(c3ccccc3)C[C@H]2C(=O)Nc2ccc(Cl)cc2)c(C)n1. The van der Waals surface area contributed by atoms with Gasteiger partial charge >= 0.3 is 0 Å². The van der Waals surface area contributed by atoms with Crippen LogP contribution in [0.15, 0.2) is 60.8 Å². The van der Waals surface area contributed by atoms with E-state index in [9.17, 15) is 4.79 Å². The predicted octanol–water partition coefficient (Wildman–Crippen LogP) is 4.72. The third-order valence-electron chi connectivity index (χ3n) is 5.39. The van der Waals surface area contributed by atoms with Crippen LogP contribution in [-0.2, 0) is 10.2 Å². The van der Waals surface area contributed by atoms with Crippen LogP contribution in [0.2, 0.25) is 5.02 Å². The Morgan fingerprint density at radius 2 is 1.90 bits per heavy atom. The van der Waals surface area contributed by atoms with Gasteiger partial charge in [0, 0.05) is 16.1 Å². The summed E-state index contributed by atoms with van der Waals surface area (Å²) in [4.78, 5) is 21.5. The molecule has 1 aliphatic carbocycles. The number of benzene rings is 2. The average molecular weight is 408 g/mol. The molecule has 1 amide bonds. The van der Waals surface area contributed by atoms with Gasteiger partial charge in [-0.1, -0.05) is 41.9 Å². The predicted molar refractivity (Wildman–Crippen MR) is 113 cm³/mol. The van der Waals surface area contributed by atoms with Gasteiger partial charge in [0.2, 0.25) is 5.91 Å². The Kier molecular flexibility index (Phi) is 5.24. The number of nitrogens with one attached hydrogen (secondary N) is 1. The van der Waals surface area contributed by atoms with Crippen molar-refractivity contribution < 1.29 is 9.53 Å². The highest BCUT2D eigenvalue weighted by Gasteiger charge is 2.60. The summed E-state index contributed by atoms with van der Waals surface area (Å²) < 4.78 is 6.10. The third kappa shape index (κ3) is 4.10. The average Bonchev–Trinajstić information content (AvgIpc) is 3.46. The second-order valence-corrected chi connectivity index (χ2v) is 7.87. The number of aryl methyl sites for hydroxylation is 2. The van der Waals surface area contributed by atoms with Crippen LogP contribution >= 0.6 is 11.6 Å². The minimum absolute atomic E-state index is 0.0170. The molecule has 2 aromatic carbocycles. The zero-order valence-electron chi connectivity index (χ0n) is 16.4. The number of halogens is 1. The minimum Gasteiger partial charge on any atom is -0.489 e. The van der Waals surface area contributed by atoms with Crippen molar-refractivity contribution in [1.82, 2.24) is 9.97 Å². The molecule has 0 aliphatic heterocycles. The Morgan fingerprint density at radius 3 is 2.59 bits per heavy atom. The molecule has 29 heavy (non-hydrogen) atoms. The van der Waals surface area contributed by atoms with Gasteiger partial charge in [0.1, 0.15) is 5.82 Å². The van der Waals surface area contributed by atoms with Crippen LogP contribution in [0.5, 0.6) is 5.75 Å². The number of anilines is 1. The molecule has 2 atom stereocenters. The van der Waals surface area contributed by atoms with E-state index in [1.54, 1.807) is 30.5 Å². The number of rotatable bonds is 6. The van der Waals surface area contributed by atoms with E-state index < -0.39 is 0 Å². The standard InChI is InChI=1S/C23H22ClN3O2/c1-15-21(13-25-16(2)26-15)29-14-23(17-6-4-3-5-7-17)12-20(23)22(28)27-19-10-8-18(24)9-11-19/h3-11,13,20H,12,14H2,1-2H3,(H,27,28)/t20-,23+/m0/s1. The summed E-state index contributed by atoms with van der Waals surface area (Å²) in [6, 6.07) is 17.2.